The summed E-state index contributed by atoms with van der Waals surface area (Å²) in [5.41, 5.74) is 4.89. The predicted molar refractivity (Wildman–Crippen MR) is 144 cm³/mol. The maximum Gasteiger partial charge on any atom is 0.319 e. The van der Waals surface area contributed by atoms with Gasteiger partial charge in [-0.1, -0.05) is 63.7 Å². The van der Waals surface area contributed by atoms with Gasteiger partial charge in [-0.05, 0) is 47.8 Å². The number of nitrogens with zero attached hydrogens (tertiary/aromatic N) is 3. The molecule has 1 aromatic heterocycles. The normalized spacial score (nSPS) is 16.2. The van der Waals surface area contributed by atoms with E-state index >= 15 is 0 Å². The second-order valence-electron chi connectivity index (χ2n) is 10.1. The average Bonchev–Trinajstić information content (AvgIpc) is 3.23. The van der Waals surface area contributed by atoms with Gasteiger partial charge < -0.3 is 15.3 Å². The minimum absolute atomic E-state index is 0.000389. The third-order valence-electron chi connectivity index (χ3n) is 5.78. The van der Waals surface area contributed by atoms with Gasteiger partial charge in [-0.25, -0.2) is 9.97 Å². The van der Waals surface area contributed by atoms with Gasteiger partial charge in [0.25, 0.3) is 0 Å². The number of hydrogen-bond acceptors (Lipinski definition) is 7. The Balaban J connectivity index is 1.68. The van der Waals surface area contributed by atoms with Crippen LogP contribution in [0.5, 0.6) is 0 Å². The quantitative estimate of drug-likeness (QED) is 0.424. The van der Waals surface area contributed by atoms with E-state index in [-0.39, 0.29) is 10.1 Å². The molecule has 2 aromatic rings. The zero-order valence-electron chi connectivity index (χ0n) is 21.0. The van der Waals surface area contributed by atoms with Gasteiger partial charge in [0.15, 0.2) is 0 Å². The van der Waals surface area contributed by atoms with Crippen LogP contribution < -0.4 is 10.2 Å². The van der Waals surface area contributed by atoms with Crippen molar-refractivity contribution in [3.05, 3.63) is 64.5 Å². The van der Waals surface area contributed by atoms with E-state index in [1.165, 1.54) is 22.9 Å². The molecule has 0 spiro atoms. The van der Waals surface area contributed by atoms with Gasteiger partial charge in [-0.3, -0.25) is 4.79 Å². The van der Waals surface area contributed by atoms with Crippen LogP contribution >= 0.6 is 23.5 Å². The lowest BCUT2D eigenvalue weighted by atomic mass is 9.87. The third-order valence-corrected chi connectivity index (χ3v) is 8.28. The molecule has 0 fully saturated rings. The SMILES string of the molecule is CCc1cnc(N(CCC2=CSC(SC(C)(C)C(=O)O)N2)Cc2ccc(C(C)(C)C)cc2)nc1. The van der Waals surface area contributed by atoms with Gasteiger partial charge in [-0.15, -0.1) is 11.8 Å². The van der Waals surface area contributed by atoms with Crippen LogP contribution in [0.15, 0.2) is 47.8 Å². The fourth-order valence-corrected chi connectivity index (χ4v) is 6.05. The Bertz CT molecular complexity index is 999. The molecule has 6 nitrogen and oxygen atoms in total. The number of anilines is 1. The number of thioether (sulfide) groups is 2. The molecular formula is C26H36N4O2S2. The van der Waals surface area contributed by atoms with Crippen LogP contribution in [0.4, 0.5) is 5.95 Å². The smallest absolute Gasteiger partial charge is 0.319 e. The van der Waals surface area contributed by atoms with E-state index in [1.807, 2.05) is 12.4 Å². The van der Waals surface area contributed by atoms with Crippen molar-refractivity contribution in [2.24, 2.45) is 0 Å². The van der Waals surface area contributed by atoms with E-state index in [0.717, 1.165) is 43.1 Å². The van der Waals surface area contributed by atoms with Gasteiger partial charge >= 0.3 is 5.97 Å². The molecule has 1 unspecified atom stereocenters. The molecule has 8 heteroatoms. The topological polar surface area (TPSA) is 78.4 Å². The number of hydrogen-bond donors (Lipinski definition) is 2. The molecule has 0 radical (unpaired) electrons. The highest BCUT2D eigenvalue weighted by atomic mass is 32.2. The Hall–Kier alpha value is -2.19. The Morgan fingerprint density at radius 3 is 2.32 bits per heavy atom. The average molecular weight is 501 g/mol. The van der Waals surface area contributed by atoms with Crippen LogP contribution in [0.2, 0.25) is 0 Å². The van der Waals surface area contributed by atoms with Crippen LogP contribution in [0.1, 0.15) is 64.7 Å². The van der Waals surface area contributed by atoms with Crippen molar-refractivity contribution in [3.63, 3.8) is 0 Å². The van der Waals surface area contributed by atoms with Crippen LogP contribution in [0.3, 0.4) is 0 Å². The highest BCUT2D eigenvalue weighted by Crippen LogP contribution is 2.38. The Morgan fingerprint density at radius 2 is 1.76 bits per heavy atom. The first-order valence-electron chi connectivity index (χ1n) is 11.7. The maximum absolute atomic E-state index is 11.5. The Kier molecular flexibility index (Phi) is 8.57. The number of benzene rings is 1. The molecule has 3 rings (SSSR count). The molecule has 1 aromatic carbocycles. The van der Waals surface area contributed by atoms with Crippen LogP contribution in [0.25, 0.3) is 0 Å². The molecule has 34 heavy (non-hydrogen) atoms. The minimum Gasteiger partial charge on any atom is -0.480 e. The summed E-state index contributed by atoms with van der Waals surface area (Å²) in [6.07, 6.45) is 5.52. The lowest BCUT2D eigenvalue weighted by molar-refractivity contribution is -0.138. The predicted octanol–water partition coefficient (Wildman–Crippen LogP) is 5.79. The van der Waals surface area contributed by atoms with Crippen molar-refractivity contribution < 1.29 is 9.90 Å². The van der Waals surface area contributed by atoms with E-state index in [4.69, 9.17) is 0 Å². The lowest BCUT2D eigenvalue weighted by Crippen LogP contribution is -2.33. The first-order valence-corrected chi connectivity index (χ1v) is 13.5. The molecule has 0 saturated carbocycles. The minimum atomic E-state index is -0.839. The maximum atomic E-state index is 11.5. The highest BCUT2D eigenvalue weighted by molar-refractivity contribution is 8.19. The van der Waals surface area contributed by atoms with E-state index in [0.29, 0.717) is 0 Å². The fraction of sp³-hybridized carbons (Fsp3) is 0.500. The van der Waals surface area contributed by atoms with Crippen LogP contribution in [0, 0.1) is 0 Å². The van der Waals surface area contributed by atoms with Crippen molar-refractivity contribution in [1.82, 2.24) is 15.3 Å². The molecule has 0 saturated heterocycles. The van der Waals surface area contributed by atoms with E-state index in [1.54, 1.807) is 25.6 Å². The number of carboxylic acid groups (broad SMARTS) is 1. The zero-order valence-corrected chi connectivity index (χ0v) is 22.6. The highest BCUT2D eigenvalue weighted by Gasteiger charge is 2.33. The number of aromatic nitrogens is 2. The molecular weight excluding hydrogens is 464 g/mol. The molecule has 2 N–H and O–H groups in total. The number of carbonyl (C=O) groups is 1. The molecule has 0 aliphatic carbocycles. The van der Waals surface area contributed by atoms with Crippen molar-refractivity contribution >= 4 is 35.4 Å². The van der Waals surface area contributed by atoms with E-state index in [2.05, 4.69) is 77.6 Å². The lowest BCUT2D eigenvalue weighted by Gasteiger charge is -2.25. The summed E-state index contributed by atoms with van der Waals surface area (Å²) in [5.74, 6) is -0.0778. The van der Waals surface area contributed by atoms with E-state index < -0.39 is 10.7 Å². The second kappa shape index (κ2) is 11.0. The summed E-state index contributed by atoms with van der Waals surface area (Å²) in [6.45, 7) is 13.7. The summed E-state index contributed by atoms with van der Waals surface area (Å²) < 4.78 is -0.840. The standard InChI is InChI=1S/C26H36N4O2S2/c1-7-18-14-27-23(28-15-18)30(16-19-8-10-20(11-9-19)25(2,3)4)13-12-21-17-33-24(29-21)34-26(5,6)22(31)32/h8-11,14-15,17,24,29H,7,12-13,16H2,1-6H3,(H,31,32). The number of aliphatic carboxylic acids is 1. The van der Waals surface area contributed by atoms with Crippen molar-refractivity contribution in [2.75, 3.05) is 11.4 Å². The molecule has 184 valence electrons. The number of rotatable bonds is 10. The number of aryl methyl sites for hydroxylation is 1. The third kappa shape index (κ3) is 7.15. The monoisotopic (exact) mass is 500 g/mol. The first-order chi connectivity index (χ1) is 16.0. The van der Waals surface area contributed by atoms with Crippen molar-refractivity contribution in [3.8, 4) is 0 Å². The first kappa shape index (κ1) is 26.4. The van der Waals surface area contributed by atoms with Gasteiger partial charge in [0.2, 0.25) is 5.95 Å². The number of nitrogens with one attached hydrogen (secondary N) is 1. The largest absolute Gasteiger partial charge is 0.480 e. The summed E-state index contributed by atoms with van der Waals surface area (Å²) in [4.78, 5) is 22.9. The van der Waals surface area contributed by atoms with Crippen molar-refractivity contribution in [1.29, 1.82) is 0 Å². The van der Waals surface area contributed by atoms with E-state index in [9.17, 15) is 9.90 Å². The summed E-state index contributed by atoms with van der Waals surface area (Å²) in [7, 11) is 0. The van der Waals surface area contributed by atoms with Gasteiger partial charge in [0.1, 0.15) is 9.45 Å². The summed E-state index contributed by atoms with van der Waals surface area (Å²) in [5, 5.41) is 15.0. The van der Waals surface area contributed by atoms with Gasteiger partial charge in [0, 0.05) is 37.6 Å². The number of carboxylic acids is 1. The van der Waals surface area contributed by atoms with Gasteiger partial charge in [-0.2, -0.15) is 0 Å². The Labute approximate surface area is 212 Å². The molecule has 0 amide bonds. The summed E-state index contributed by atoms with van der Waals surface area (Å²) in [6, 6.07) is 8.80. The molecule has 1 atom stereocenters. The second-order valence-corrected chi connectivity index (χ2v) is 13.1. The fourth-order valence-electron chi connectivity index (χ4n) is 3.40. The summed E-state index contributed by atoms with van der Waals surface area (Å²) >= 11 is 3.06. The van der Waals surface area contributed by atoms with Crippen molar-refractivity contribution in [2.45, 2.75) is 75.8 Å². The van der Waals surface area contributed by atoms with Crippen LogP contribution in [-0.4, -0.2) is 37.0 Å². The molecule has 1 aliphatic heterocycles. The zero-order chi connectivity index (χ0) is 24.9. The molecule has 1 aliphatic rings. The van der Waals surface area contributed by atoms with Crippen LogP contribution in [-0.2, 0) is 23.2 Å². The molecule has 0 bridgehead atoms. The Morgan fingerprint density at radius 1 is 1.12 bits per heavy atom. The molecule has 2 heterocycles. The van der Waals surface area contributed by atoms with Gasteiger partial charge in [0.05, 0.1) is 0 Å².